The Bertz CT molecular complexity index is 1720. The Kier molecular flexibility index (Phi) is 11.6. The highest BCUT2D eigenvalue weighted by Gasteiger charge is 2.35. The highest BCUT2D eigenvalue weighted by atomic mass is 35.5. The summed E-state index contributed by atoms with van der Waals surface area (Å²) < 4.78 is 44.0. The molecule has 0 aliphatic carbocycles. The van der Waals surface area contributed by atoms with Crippen LogP contribution in [0.1, 0.15) is 25.0 Å². The van der Waals surface area contributed by atoms with E-state index in [1.807, 2.05) is 44.2 Å². The smallest absolute Gasteiger partial charge is 0.264 e. The second-order valence-electron chi connectivity index (χ2n) is 10.9. The number of carbonyl (C=O) groups excluding carboxylic acids is 2. The molecular formula is C34H34Cl2FN3O4S. The summed E-state index contributed by atoms with van der Waals surface area (Å²) in [7, 11) is -4.33. The van der Waals surface area contributed by atoms with E-state index in [0.29, 0.717) is 11.6 Å². The summed E-state index contributed by atoms with van der Waals surface area (Å²) in [5.74, 6) is -1.58. The maximum Gasteiger partial charge on any atom is 0.264 e. The molecule has 0 aromatic heterocycles. The maximum atomic E-state index is 15.0. The van der Waals surface area contributed by atoms with Crippen molar-refractivity contribution in [2.45, 2.75) is 37.8 Å². The predicted octanol–water partition coefficient (Wildman–Crippen LogP) is 6.74. The molecule has 1 atom stereocenters. The lowest BCUT2D eigenvalue weighted by Gasteiger charge is -2.34. The molecule has 4 aromatic carbocycles. The van der Waals surface area contributed by atoms with Gasteiger partial charge in [-0.05, 0) is 60.0 Å². The summed E-state index contributed by atoms with van der Waals surface area (Å²) in [4.78, 5) is 29.3. The first-order valence-electron chi connectivity index (χ1n) is 14.3. The number of amides is 2. The van der Waals surface area contributed by atoms with E-state index in [-0.39, 0.29) is 40.1 Å². The third-order valence-electron chi connectivity index (χ3n) is 7.03. The molecule has 11 heteroatoms. The first kappa shape index (κ1) is 34.0. The van der Waals surface area contributed by atoms with Crippen molar-refractivity contribution in [3.05, 3.63) is 130 Å². The van der Waals surface area contributed by atoms with Crippen LogP contribution in [-0.4, -0.2) is 44.3 Å². The van der Waals surface area contributed by atoms with Gasteiger partial charge in [-0.15, -0.1) is 0 Å². The molecule has 4 aromatic rings. The topological polar surface area (TPSA) is 86.8 Å². The largest absolute Gasteiger partial charge is 0.354 e. The van der Waals surface area contributed by atoms with Crippen LogP contribution in [0.4, 0.5) is 10.1 Å². The molecule has 0 bridgehead atoms. The summed E-state index contributed by atoms with van der Waals surface area (Å²) in [6.45, 7) is 3.27. The van der Waals surface area contributed by atoms with Crippen molar-refractivity contribution >= 4 is 50.7 Å². The van der Waals surface area contributed by atoms with Crippen LogP contribution in [0.3, 0.4) is 0 Å². The van der Waals surface area contributed by atoms with Gasteiger partial charge in [-0.1, -0.05) is 91.6 Å². The molecule has 4 rings (SSSR count). The monoisotopic (exact) mass is 669 g/mol. The fourth-order valence-electron chi connectivity index (χ4n) is 4.68. The van der Waals surface area contributed by atoms with E-state index in [0.717, 1.165) is 9.87 Å². The van der Waals surface area contributed by atoms with Crippen LogP contribution in [0.2, 0.25) is 10.0 Å². The highest BCUT2D eigenvalue weighted by Crippen LogP contribution is 2.28. The standard InChI is InChI=1S/C34H34Cl2FN3O4S/c1-24(2)21-38-34(42)32(19-25-9-4-3-5-10-25)39(22-26-11-6-7-14-31(26)37)33(41)23-40(29-13-8-12-28(36)20-29)45(43,44)30-17-15-27(35)16-18-30/h3-18,20,24,32H,19,21-23H2,1-2H3,(H,38,42). The van der Waals surface area contributed by atoms with E-state index < -0.39 is 40.2 Å². The van der Waals surface area contributed by atoms with Gasteiger partial charge in [0.25, 0.3) is 10.0 Å². The van der Waals surface area contributed by atoms with E-state index in [2.05, 4.69) is 5.32 Å². The molecule has 0 saturated heterocycles. The van der Waals surface area contributed by atoms with Crippen LogP contribution >= 0.6 is 23.2 Å². The number of anilines is 1. The van der Waals surface area contributed by atoms with Crippen LogP contribution in [0.25, 0.3) is 0 Å². The van der Waals surface area contributed by atoms with Gasteiger partial charge in [0.15, 0.2) is 0 Å². The van der Waals surface area contributed by atoms with Crippen molar-refractivity contribution < 1.29 is 22.4 Å². The van der Waals surface area contributed by atoms with Crippen LogP contribution in [0, 0.1) is 11.7 Å². The summed E-state index contributed by atoms with van der Waals surface area (Å²) in [5.41, 5.74) is 1.09. The van der Waals surface area contributed by atoms with Gasteiger partial charge in [0, 0.05) is 35.1 Å². The molecular weight excluding hydrogens is 636 g/mol. The van der Waals surface area contributed by atoms with Crippen LogP contribution < -0.4 is 9.62 Å². The Morgan fingerprint density at radius 2 is 1.51 bits per heavy atom. The Morgan fingerprint density at radius 1 is 0.844 bits per heavy atom. The summed E-state index contributed by atoms with van der Waals surface area (Å²) in [5, 5.41) is 3.50. The SMILES string of the molecule is CC(C)CNC(=O)C(Cc1ccccc1)N(Cc1ccccc1F)C(=O)CN(c1cccc(Cl)c1)S(=O)(=O)c1ccc(Cl)cc1. The minimum atomic E-state index is -4.33. The van der Waals surface area contributed by atoms with Crippen molar-refractivity contribution in [3.63, 3.8) is 0 Å². The minimum absolute atomic E-state index is 0.101. The summed E-state index contributed by atoms with van der Waals surface area (Å²) in [6, 6.07) is 25.7. The third-order valence-corrected chi connectivity index (χ3v) is 9.31. The van der Waals surface area contributed by atoms with E-state index in [9.17, 15) is 18.0 Å². The van der Waals surface area contributed by atoms with Crippen molar-refractivity contribution in [1.29, 1.82) is 0 Å². The highest BCUT2D eigenvalue weighted by molar-refractivity contribution is 7.92. The number of carbonyl (C=O) groups is 2. The third kappa shape index (κ3) is 9.06. The van der Waals surface area contributed by atoms with Gasteiger partial charge in [-0.2, -0.15) is 0 Å². The van der Waals surface area contributed by atoms with Crippen molar-refractivity contribution in [1.82, 2.24) is 10.2 Å². The fourth-order valence-corrected chi connectivity index (χ4v) is 6.40. The molecule has 0 radical (unpaired) electrons. The zero-order chi connectivity index (χ0) is 32.6. The second kappa shape index (κ2) is 15.4. The van der Waals surface area contributed by atoms with Gasteiger partial charge in [0.1, 0.15) is 18.4 Å². The minimum Gasteiger partial charge on any atom is -0.354 e. The maximum absolute atomic E-state index is 15.0. The molecule has 0 saturated carbocycles. The molecule has 1 unspecified atom stereocenters. The van der Waals surface area contributed by atoms with Crippen molar-refractivity contribution in [3.8, 4) is 0 Å². The summed E-state index contributed by atoms with van der Waals surface area (Å²) >= 11 is 12.3. The molecule has 0 aliphatic rings. The van der Waals surface area contributed by atoms with Gasteiger partial charge >= 0.3 is 0 Å². The number of sulfonamides is 1. The Labute approximate surface area is 273 Å². The average molecular weight is 671 g/mol. The molecule has 0 heterocycles. The van der Waals surface area contributed by atoms with E-state index >= 15 is 4.39 Å². The zero-order valence-electron chi connectivity index (χ0n) is 24.9. The van der Waals surface area contributed by atoms with E-state index in [1.54, 1.807) is 18.2 Å². The molecule has 1 N–H and O–H groups in total. The molecule has 45 heavy (non-hydrogen) atoms. The second-order valence-corrected chi connectivity index (χ2v) is 13.6. The van der Waals surface area contributed by atoms with Gasteiger partial charge < -0.3 is 10.2 Å². The number of hydrogen-bond acceptors (Lipinski definition) is 4. The van der Waals surface area contributed by atoms with Crippen LogP contribution in [0.15, 0.2) is 108 Å². The quantitative estimate of drug-likeness (QED) is 0.171. The van der Waals surface area contributed by atoms with Gasteiger partial charge in [0.05, 0.1) is 10.6 Å². The fraction of sp³-hybridized carbons (Fsp3) is 0.235. The number of rotatable bonds is 13. The molecule has 2 amide bonds. The number of halogens is 3. The summed E-state index contributed by atoms with van der Waals surface area (Å²) in [6.07, 6.45) is 0.117. The lowest BCUT2D eigenvalue weighted by atomic mass is 10.0. The average Bonchev–Trinajstić information content (AvgIpc) is 3.01. The van der Waals surface area contributed by atoms with Gasteiger partial charge in [-0.3, -0.25) is 13.9 Å². The number of hydrogen-bond donors (Lipinski definition) is 1. The van der Waals surface area contributed by atoms with Crippen molar-refractivity contribution in [2.75, 3.05) is 17.4 Å². The van der Waals surface area contributed by atoms with Crippen LogP contribution in [-0.2, 0) is 32.6 Å². The van der Waals surface area contributed by atoms with Crippen LogP contribution in [0.5, 0.6) is 0 Å². The lowest BCUT2D eigenvalue weighted by molar-refractivity contribution is -0.140. The normalized spacial score (nSPS) is 12.0. The molecule has 7 nitrogen and oxygen atoms in total. The van der Waals surface area contributed by atoms with Gasteiger partial charge in [-0.25, -0.2) is 12.8 Å². The molecule has 236 valence electrons. The number of nitrogens with zero attached hydrogens (tertiary/aromatic N) is 2. The Hall–Kier alpha value is -3.92. The number of benzene rings is 4. The van der Waals surface area contributed by atoms with E-state index in [1.165, 1.54) is 59.5 Å². The zero-order valence-corrected chi connectivity index (χ0v) is 27.2. The molecule has 0 aliphatic heterocycles. The molecule has 0 fully saturated rings. The lowest BCUT2D eigenvalue weighted by Crippen LogP contribution is -2.53. The van der Waals surface area contributed by atoms with Gasteiger partial charge in [0.2, 0.25) is 11.8 Å². The number of nitrogens with one attached hydrogen (secondary N) is 1. The Balaban J connectivity index is 1.81. The molecule has 0 spiro atoms. The predicted molar refractivity (Wildman–Crippen MR) is 176 cm³/mol. The Morgan fingerprint density at radius 3 is 2.16 bits per heavy atom. The van der Waals surface area contributed by atoms with E-state index in [4.69, 9.17) is 23.2 Å². The first-order chi connectivity index (χ1) is 21.5. The van der Waals surface area contributed by atoms with Crippen molar-refractivity contribution in [2.24, 2.45) is 5.92 Å². The first-order valence-corrected chi connectivity index (χ1v) is 16.5.